The molecular formula is C29H31N5O3. The van der Waals surface area contributed by atoms with Crippen LogP contribution in [0.3, 0.4) is 0 Å². The number of anilines is 1. The van der Waals surface area contributed by atoms with Crippen molar-refractivity contribution in [2.45, 2.75) is 19.4 Å². The number of nitrogens with two attached hydrogens (primary N) is 1. The van der Waals surface area contributed by atoms with E-state index in [1.807, 2.05) is 68.7 Å². The van der Waals surface area contributed by atoms with E-state index < -0.39 is 5.91 Å². The van der Waals surface area contributed by atoms with Crippen molar-refractivity contribution in [2.24, 2.45) is 5.73 Å². The van der Waals surface area contributed by atoms with Gasteiger partial charge in [0.05, 0.1) is 17.7 Å². The third-order valence-corrected chi connectivity index (χ3v) is 5.94. The van der Waals surface area contributed by atoms with Crippen molar-refractivity contribution in [1.82, 2.24) is 14.9 Å². The van der Waals surface area contributed by atoms with Crippen molar-refractivity contribution < 1.29 is 14.3 Å². The third kappa shape index (κ3) is 6.89. The Morgan fingerprint density at radius 3 is 2.49 bits per heavy atom. The SMILES string of the molecule is CN(C)CCCOc1ccc(C(=O)Cc2cccc(CNc3ncnc4c(C(N)=O)cccc34)c2)cc1. The molecule has 0 spiro atoms. The topological polar surface area (TPSA) is 110 Å². The highest BCUT2D eigenvalue weighted by Crippen LogP contribution is 2.23. The lowest BCUT2D eigenvalue weighted by Gasteiger charge is -2.11. The molecule has 0 saturated heterocycles. The third-order valence-electron chi connectivity index (χ3n) is 5.94. The van der Waals surface area contributed by atoms with E-state index in [1.54, 1.807) is 12.1 Å². The summed E-state index contributed by atoms with van der Waals surface area (Å²) in [5.41, 5.74) is 8.93. The van der Waals surface area contributed by atoms with Crippen molar-refractivity contribution in [1.29, 1.82) is 0 Å². The van der Waals surface area contributed by atoms with E-state index in [2.05, 4.69) is 20.2 Å². The molecule has 3 N–H and O–H groups in total. The van der Waals surface area contributed by atoms with E-state index in [0.717, 1.165) is 35.2 Å². The van der Waals surface area contributed by atoms with Gasteiger partial charge < -0.3 is 20.7 Å². The maximum absolute atomic E-state index is 12.9. The second-order valence-corrected chi connectivity index (χ2v) is 9.09. The summed E-state index contributed by atoms with van der Waals surface area (Å²) in [6, 6.07) is 20.5. The minimum atomic E-state index is -0.533. The second-order valence-electron chi connectivity index (χ2n) is 9.09. The summed E-state index contributed by atoms with van der Waals surface area (Å²) >= 11 is 0. The van der Waals surface area contributed by atoms with Gasteiger partial charge in [-0.2, -0.15) is 0 Å². The van der Waals surface area contributed by atoms with Crippen molar-refractivity contribution >= 4 is 28.4 Å². The number of nitrogens with one attached hydrogen (secondary N) is 1. The molecule has 0 radical (unpaired) electrons. The van der Waals surface area contributed by atoms with Gasteiger partial charge >= 0.3 is 0 Å². The predicted octanol–water partition coefficient (Wildman–Crippen LogP) is 4.10. The molecule has 4 aromatic rings. The number of ketones is 1. The van der Waals surface area contributed by atoms with Crippen molar-refractivity contribution in [2.75, 3.05) is 32.6 Å². The maximum Gasteiger partial charge on any atom is 0.250 e. The standard InChI is InChI=1S/C29H31N5O3/c1-34(2)14-5-15-37-23-12-10-22(11-13-23)26(35)17-20-6-3-7-21(16-20)18-31-29-25-9-4-8-24(28(30)36)27(25)32-19-33-29/h3-4,6-13,16,19H,5,14-15,17-18H2,1-2H3,(H2,30,36)(H,31,32,33). The van der Waals surface area contributed by atoms with Gasteiger partial charge in [0.15, 0.2) is 5.78 Å². The van der Waals surface area contributed by atoms with Crippen LogP contribution in [0.15, 0.2) is 73.1 Å². The van der Waals surface area contributed by atoms with Crippen molar-refractivity contribution in [3.63, 3.8) is 0 Å². The number of benzene rings is 3. The number of nitrogens with zero attached hydrogens (tertiary/aromatic N) is 3. The van der Waals surface area contributed by atoms with Gasteiger partial charge in [-0.15, -0.1) is 0 Å². The van der Waals surface area contributed by atoms with Gasteiger partial charge in [0.25, 0.3) is 5.91 Å². The average Bonchev–Trinajstić information content (AvgIpc) is 2.90. The number of hydrogen-bond acceptors (Lipinski definition) is 7. The highest BCUT2D eigenvalue weighted by Gasteiger charge is 2.12. The molecule has 8 heteroatoms. The van der Waals surface area contributed by atoms with Gasteiger partial charge in [0, 0.05) is 30.5 Å². The molecular weight excluding hydrogens is 466 g/mol. The fraction of sp³-hybridized carbons (Fsp3) is 0.241. The van der Waals surface area contributed by atoms with E-state index in [-0.39, 0.29) is 5.78 Å². The highest BCUT2D eigenvalue weighted by atomic mass is 16.5. The lowest BCUT2D eigenvalue weighted by atomic mass is 10.0. The Balaban J connectivity index is 1.37. The molecule has 1 amide bonds. The number of aromatic nitrogens is 2. The van der Waals surface area contributed by atoms with Gasteiger partial charge in [-0.25, -0.2) is 9.97 Å². The number of amides is 1. The lowest BCUT2D eigenvalue weighted by Crippen LogP contribution is -2.15. The van der Waals surface area contributed by atoms with Crippen LogP contribution in [0.4, 0.5) is 5.82 Å². The normalized spacial score (nSPS) is 11.0. The molecule has 0 aliphatic carbocycles. The minimum absolute atomic E-state index is 0.0463. The number of rotatable bonds is 12. The number of carbonyl (C=O) groups is 2. The molecule has 0 atom stereocenters. The van der Waals surface area contributed by atoms with E-state index in [0.29, 0.717) is 42.0 Å². The Bertz CT molecular complexity index is 1390. The maximum atomic E-state index is 12.9. The first kappa shape index (κ1) is 25.8. The summed E-state index contributed by atoms with van der Waals surface area (Å²) in [4.78, 5) is 35.3. The number of ether oxygens (including phenoxy) is 1. The Labute approximate surface area is 216 Å². The zero-order valence-electron chi connectivity index (χ0n) is 21.1. The average molecular weight is 498 g/mol. The summed E-state index contributed by atoms with van der Waals surface area (Å²) in [6.07, 6.45) is 2.66. The van der Waals surface area contributed by atoms with Crippen LogP contribution in [-0.2, 0) is 13.0 Å². The van der Waals surface area contributed by atoms with Crippen molar-refractivity contribution in [3.05, 3.63) is 95.3 Å². The Kier molecular flexibility index (Phi) is 8.43. The number of hydrogen-bond donors (Lipinski definition) is 2. The Morgan fingerprint density at radius 2 is 1.73 bits per heavy atom. The van der Waals surface area contributed by atoms with E-state index in [1.165, 1.54) is 6.33 Å². The smallest absolute Gasteiger partial charge is 0.250 e. The van der Waals surface area contributed by atoms with Crippen LogP contribution in [0.1, 0.15) is 38.3 Å². The molecule has 190 valence electrons. The molecule has 0 unspecified atom stereocenters. The summed E-state index contributed by atoms with van der Waals surface area (Å²) in [7, 11) is 4.07. The molecule has 3 aromatic carbocycles. The van der Waals surface area contributed by atoms with Crippen LogP contribution in [0.5, 0.6) is 5.75 Å². The highest BCUT2D eigenvalue weighted by molar-refractivity contribution is 6.06. The van der Waals surface area contributed by atoms with Gasteiger partial charge in [-0.05, 0) is 68.0 Å². The monoisotopic (exact) mass is 497 g/mol. The van der Waals surface area contributed by atoms with Crippen LogP contribution < -0.4 is 15.8 Å². The van der Waals surface area contributed by atoms with E-state index in [9.17, 15) is 9.59 Å². The quantitative estimate of drug-likeness (QED) is 0.224. The zero-order valence-corrected chi connectivity index (χ0v) is 21.1. The number of Topliss-reactive ketones (excluding diaryl/α,β-unsaturated/α-hetero) is 1. The Hall–Kier alpha value is -4.30. The van der Waals surface area contributed by atoms with Crippen LogP contribution in [0, 0.1) is 0 Å². The van der Waals surface area contributed by atoms with E-state index >= 15 is 0 Å². The summed E-state index contributed by atoms with van der Waals surface area (Å²) in [5.74, 6) is 0.891. The van der Waals surface area contributed by atoms with Crippen LogP contribution >= 0.6 is 0 Å². The van der Waals surface area contributed by atoms with Crippen LogP contribution in [0.2, 0.25) is 0 Å². The van der Waals surface area contributed by atoms with Gasteiger partial charge in [-0.1, -0.05) is 30.3 Å². The fourth-order valence-corrected chi connectivity index (χ4v) is 4.06. The largest absolute Gasteiger partial charge is 0.494 e. The van der Waals surface area contributed by atoms with Crippen LogP contribution in [-0.4, -0.2) is 53.8 Å². The molecule has 8 nitrogen and oxygen atoms in total. The van der Waals surface area contributed by atoms with E-state index in [4.69, 9.17) is 10.5 Å². The summed E-state index contributed by atoms with van der Waals surface area (Å²) in [6.45, 7) is 2.11. The van der Waals surface area contributed by atoms with Crippen LogP contribution in [0.25, 0.3) is 10.9 Å². The molecule has 0 saturated carbocycles. The number of primary amides is 1. The molecule has 1 heterocycles. The molecule has 1 aromatic heterocycles. The lowest BCUT2D eigenvalue weighted by molar-refractivity contribution is 0.0988. The number of para-hydroxylation sites is 1. The van der Waals surface area contributed by atoms with Gasteiger partial charge in [0.1, 0.15) is 17.9 Å². The fourth-order valence-electron chi connectivity index (χ4n) is 4.06. The first-order valence-electron chi connectivity index (χ1n) is 12.2. The predicted molar refractivity (Wildman–Crippen MR) is 145 cm³/mol. The van der Waals surface area contributed by atoms with Gasteiger partial charge in [0.2, 0.25) is 0 Å². The molecule has 0 bridgehead atoms. The molecule has 0 aliphatic rings. The molecule has 4 rings (SSSR count). The first-order chi connectivity index (χ1) is 17.9. The zero-order chi connectivity index (χ0) is 26.2. The molecule has 0 fully saturated rings. The number of fused-ring (bicyclic) bond motifs is 1. The first-order valence-corrected chi connectivity index (χ1v) is 12.2. The van der Waals surface area contributed by atoms with Crippen molar-refractivity contribution in [3.8, 4) is 5.75 Å². The Morgan fingerprint density at radius 1 is 0.973 bits per heavy atom. The molecule has 37 heavy (non-hydrogen) atoms. The second kappa shape index (κ2) is 12.1. The minimum Gasteiger partial charge on any atom is -0.494 e. The summed E-state index contributed by atoms with van der Waals surface area (Å²) in [5, 5.41) is 4.03. The molecule has 0 aliphatic heterocycles. The van der Waals surface area contributed by atoms with Gasteiger partial charge in [-0.3, -0.25) is 9.59 Å². The summed E-state index contributed by atoms with van der Waals surface area (Å²) < 4.78 is 5.76. The number of carbonyl (C=O) groups excluding carboxylic acids is 2.